The van der Waals surface area contributed by atoms with Gasteiger partial charge in [-0.3, -0.25) is 0 Å². The van der Waals surface area contributed by atoms with Crippen LogP contribution in [0.4, 0.5) is 0 Å². The van der Waals surface area contributed by atoms with Crippen LogP contribution in [-0.4, -0.2) is 0 Å². The van der Waals surface area contributed by atoms with Gasteiger partial charge in [0.25, 0.3) is 0 Å². The van der Waals surface area contributed by atoms with Gasteiger partial charge in [-0.2, -0.15) is 5.26 Å². The Kier molecular flexibility index (Phi) is 1.79. The van der Waals surface area contributed by atoms with Crippen molar-refractivity contribution in [3.8, 4) is 6.07 Å². The summed E-state index contributed by atoms with van der Waals surface area (Å²) in [7, 11) is 0. The van der Waals surface area contributed by atoms with E-state index in [0.717, 1.165) is 12.8 Å². The molecule has 2 aliphatic carbocycles. The Bertz CT molecular complexity index is 460. The lowest BCUT2D eigenvalue weighted by Gasteiger charge is -2.44. The molecule has 1 spiro atoms. The third-order valence-electron chi connectivity index (χ3n) is 4.30. The van der Waals surface area contributed by atoms with Gasteiger partial charge in [-0.25, -0.2) is 0 Å². The molecule has 1 heteroatoms. The van der Waals surface area contributed by atoms with Gasteiger partial charge in [0.2, 0.25) is 0 Å². The summed E-state index contributed by atoms with van der Waals surface area (Å²) < 4.78 is 0. The largest absolute Gasteiger partial charge is 0.197 e. The zero-order valence-electron chi connectivity index (χ0n) is 10.0. The molecule has 0 unspecified atom stereocenters. The van der Waals surface area contributed by atoms with E-state index < -0.39 is 0 Å². The summed E-state index contributed by atoms with van der Waals surface area (Å²) in [4.78, 5) is 0. The highest BCUT2D eigenvalue weighted by Gasteiger charge is 2.61. The van der Waals surface area contributed by atoms with Crippen molar-refractivity contribution in [1.82, 2.24) is 0 Å². The highest BCUT2D eigenvalue weighted by atomic mass is 14.6. The SMILES string of the molecule is Cc1cc(C)cc(C2(C#N)CC3(CC3)C2)c1. The molecule has 0 aromatic heterocycles. The van der Waals surface area contributed by atoms with Crippen LogP contribution in [0.5, 0.6) is 0 Å². The fourth-order valence-electron chi connectivity index (χ4n) is 3.36. The molecular weight excluding hydrogens is 194 g/mol. The predicted molar refractivity (Wildman–Crippen MR) is 64.1 cm³/mol. The van der Waals surface area contributed by atoms with E-state index in [-0.39, 0.29) is 5.41 Å². The Morgan fingerprint density at radius 3 is 2.06 bits per heavy atom. The summed E-state index contributed by atoms with van der Waals surface area (Å²) in [5, 5.41) is 9.48. The van der Waals surface area contributed by atoms with Crippen molar-refractivity contribution >= 4 is 0 Å². The molecule has 0 radical (unpaired) electrons. The smallest absolute Gasteiger partial charge is 0.0833 e. The van der Waals surface area contributed by atoms with E-state index in [1.807, 2.05) is 0 Å². The Morgan fingerprint density at radius 2 is 1.62 bits per heavy atom. The Morgan fingerprint density at radius 1 is 1.06 bits per heavy atom. The molecule has 1 nitrogen and oxygen atoms in total. The highest BCUT2D eigenvalue weighted by molar-refractivity contribution is 5.43. The standard InChI is InChI=1S/C15H17N/c1-11-5-12(2)7-13(6-11)15(10-16)8-14(9-15)3-4-14/h5-7H,3-4,8-9H2,1-2H3. The number of benzene rings is 1. The molecular formula is C15H17N. The van der Waals surface area contributed by atoms with Gasteiger partial charge in [0.1, 0.15) is 0 Å². The van der Waals surface area contributed by atoms with Crippen LogP contribution in [0.2, 0.25) is 0 Å². The van der Waals surface area contributed by atoms with Crippen LogP contribution in [-0.2, 0) is 5.41 Å². The maximum Gasteiger partial charge on any atom is 0.0833 e. The second kappa shape index (κ2) is 2.88. The summed E-state index contributed by atoms with van der Waals surface area (Å²) >= 11 is 0. The van der Waals surface area contributed by atoms with Crippen LogP contribution in [0.25, 0.3) is 0 Å². The number of nitrogens with zero attached hydrogens (tertiary/aromatic N) is 1. The van der Waals surface area contributed by atoms with Crippen molar-refractivity contribution in [3.05, 3.63) is 34.9 Å². The summed E-state index contributed by atoms with van der Waals surface area (Å²) in [6, 6.07) is 9.16. The van der Waals surface area contributed by atoms with Gasteiger partial charge in [-0.15, -0.1) is 0 Å². The Labute approximate surface area is 97.1 Å². The molecule has 0 atom stereocenters. The molecule has 2 aliphatic rings. The second-order valence-corrected chi connectivity index (χ2v) is 5.92. The van der Waals surface area contributed by atoms with E-state index in [4.69, 9.17) is 0 Å². The van der Waals surface area contributed by atoms with Crippen molar-refractivity contribution in [2.24, 2.45) is 5.41 Å². The van der Waals surface area contributed by atoms with Crippen molar-refractivity contribution in [3.63, 3.8) is 0 Å². The first-order valence-corrected chi connectivity index (χ1v) is 6.08. The summed E-state index contributed by atoms with van der Waals surface area (Å²) in [5.74, 6) is 0. The summed E-state index contributed by atoms with van der Waals surface area (Å²) in [5.41, 5.74) is 4.23. The normalized spacial score (nSPS) is 23.6. The van der Waals surface area contributed by atoms with Gasteiger partial charge >= 0.3 is 0 Å². The lowest BCUT2D eigenvalue weighted by atomic mass is 9.57. The number of nitriles is 1. The van der Waals surface area contributed by atoms with Crippen molar-refractivity contribution < 1.29 is 0 Å². The van der Waals surface area contributed by atoms with Gasteiger partial charge < -0.3 is 0 Å². The van der Waals surface area contributed by atoms with Gasteiger partial charge in [0, 0.05) is 0 Å². The highest BCUT2D eigenvalue weighted by Crippen LogP contribution is 2.68. The molecule has 2 saturated carbocycles. The first-order chi connectivity index (χ1) is 7.57. The average molecular weight is 211 g/mol. The van der Waals surface area contributed by atoms with Crippen LogP contribution in [0, 0.1) is 30.6 Å². The molecule has 1 aromatic carbocycles. The third-order valence-corrected chi connectivity index (χ3v) is 4.30. The molecule has 3 rings (SSSR count). The van der Waals surface area contributed by atoms with Crippen LogP contribution < -0.4 is 0 Å². The molecule has 16 heavy (non-hydrogen) atoms. The van der Waals surface area contributed by atoms with Crippen LogP contribution in [0.15, 0.2) is 18.2 Å². The van der Waals surface area contributed by atoms with Gasteiger partial charge in [-0.05, 0) is 50.5 Å². The quantitative estimate of drug-likeness (QED) is 0.695. The van der Waals surface area contributed by atoms with E-state index in [9.17, 15) is 5.26 Å². The fourth-order valence-corrected chi connectivity index (χ4v) is 3.36. The van der Waals surface area contributed by atoms with Crippen LogP contribution in [0.1, 0.15) is 42.4 Å². The Hall–Kier alpha value is -1.29. The zero-order valence-corrected chi connectivity index (χ0v) is 10.0. The molecule has 0 aliphatic heterocycles. The molecule has 0 heterocycles. The number of rotatable bonds is 1. The maximum absolute atomic E-state index is 9.48. The van der Waals surface area contributed by atoms with Crippen LogP contribution in [0.3, 0.4) is 0 Å². The number of hydrogen-bond donors (Lipinski definition) is 0. The molecule has 1 aromatic rings. The third kappa shape index (κ3) is 1.29. The van der Waals surface area contributed by atoms with Crippen molar-refractivity contribution in [1.29, 1.82) is 5.26 Å². The fraction of sp³-hybridized carbons (Fsp3) is 0.533. The van der Waals surface area contributed by atoms with Gasteiger partial charge in [0.05, 0.1) is 11.5 Å². The van der Waals surface area contributed by atoms with Crippen molar-refractivity contribution in [2.45, 2.75) is 44.9 Å². The first kappa shape index (κ1) is 9.90. The lowest BCUT2D eigenvalue weighted by molar-refractivity contribution is 0.172. The van der Waals surface area contributed by atoms with Gasteiger partial charge in [0.15, 0.2) is 0 Å². The first-order valence-electron chi connectivity index (χ1n) is 6.08. The van der Waals surface area contributed by atoms with Crippen LogP contribution >= 0.6 is 0 Å². The number of aryl methyl sites for hydroxylation is 2. The zero-order chi connectivity index (χ0) is 11.4. The predicted octanol–water partition coefficient (Wildman–Crippen LogP) is 3.64. The summed E-state index contributed by atoms with van der Waals surface area (Å²) in [6.07, 6.45) is 4.89. The minimum absolute atomic E-state index is 0.159. The van der Waals surface area contributed by atoms with E-state index in [1.54, 1.807) is 0 Å². The monoisotopic (exact) mass is 211 g/mol. The van der Waals surface area contributed by atoms with E-state index in [0.29, 0.717) is 5.41 Å². The number of hydrogen-bond acceptors (Lipinski definition) is 1. The minimum Gasteiger partial charge on any atom is -0.197 e. The Balaban J connectivity index is 1.99. The molecule has 0 saturated heterocycles. The maximum atomic E-state index is 9.48. The van der Waals surface area contributed by atoms with E-state index in [1.165, 1.54) is 29.5 Å². The molecule has 0 bridgehead atoms. The average Bonchev–Trinajstić information content (AvgIpc) is 2.92. The molecule has 2 fully saturated rings. The molecule has 0 N–H and O–H groups in total. The molecule has 82 valence electrons. The molecule has 0 amide bonds. The topological polar surface area (TPSA) is 23.8 Å². The van der Waals surface area contributed by atoms with E-state index >= 15 is 0 Å². The van der Waals surface area contributed by atoms with E-state index in [2.05, 4.69) is 38.1 Å². The lowest BCUT2D eigenvalue weighted by Crippen LogP contribution is -2.41. The van der Waals surface area contributed by atoms with Crippen molar-refractivity contribution in [2.75, 3.05) is 0 Å². The van der Waals surface area contributed by atoms with Gasteiger partial charge in [-0.1, -0.05) is 29.3 Å². The minimum atomic E-state index is -0.159. The second-order valence-electron chi connectivity index (χ2n) is 5.92. The summed E-state index contributed by atoms with van der Waals surface area (Å²) in [6.45, 7) is 4.24.